The van der Waals surface area contributed by atoms with Gasteiger partial charge in [0.2, 0.25) is 5.91 Å². The SMILES string of the molecule is Cl.O=C(CCC1CCNC1)Nc1ccc(OC2CCOC2)cc1. The van der Waals surface area contributed by atoms with E-state index in [1.54, 1.807) is 0 Å². The van der Waals surface area contributed by atoms with Crippen LogP contribution >= 0.6 is 12.4 Å². The molecule has 0 radical (unpaired) electrons. The molecule has 1 amide bonds. The van der Waals surface area contributed by atoms with Gasteiger partial charge >= 0.3 is 0 Å². The zero-order chi connectivity index (χ0) is 15.2. The van der Waals surface area contributed by atoms with E-state index in [1.165, 1.54) is 6.42 Å². The molecule has 2 heterocycles. The first-order chi connectivity index (χ1) is 10.8. The predicted molar refractivity (Wildman–Crippen MR) is 92.4 cm³/mol. The fourth-order valence-electron chi connectivity index (χ4n) is 2.93. The van der Waals surface area contributed by atoms with Gasteiger partial charge in [-0.1, -0.05) is 0 Å². The number of carbonyl (C=O) groups is 1. The third-order valence-corrected chi connectivity index (χ3v) is 4.27. The molecule has 3 rings (SSSR count). The van der Waals surface area contributed by atoms with Crippen LogP contribution in [0.25, 0.3) is 0 Å². The Balaban J connectivity index is 0.00000192. The highest BCUT2D eigenvalue weighted by Gasteiger charge is 2.17. The molecule has 0 spiro atoms. The fourth-order valence-corrected chi connectivity index (χ4v) is 2.93. The van der Waals surface area contributed by atoms with Crippen molar-refractivity contribution in [3.63, 3.8) is 0 Å². The summed E-state index contributed by atoms with van der Waals surface area (Å²) in [5.41, 5.74) is 0.824. The van der Waals surface area contributed by atoms with Gasteiger partial charge in [0, 0.05) is 18.5 Å². The van der Waals surface area contributed by atoms with Gasteiger partial charge in [0.15, 0.2) is 0 Å². The molecule has 1 aromatic rings. The number of amides is 1. The van der Waals surface area contributed by atoms with Crippen molar-refractivity contribution >= 4 is 24.0 Å². The lowest BCUT2D eigenvalue weighted by Gasteiger charge is -2.12. The lowest BCUT2D eigenvalue weighted by Crippen LogP contribution is -2.16. The second-order valence-electron chi connectivity index (χ2n) is 6.07. The normalized spacial score (nSPS) is 23.3. The van der Waals surface area contributed by atoms with Gasteiger partial charge in [-0.25, -0.2) is 0 Å². The maximum Gasteiger partial charge on any atom is 0.224 e. The summed E-state index contributed by atoms with van der Waals surface area (Å²) in [4.78, 5) is 12.0. The van der Waals surface area contributed by atoms with Crippen LogP contribution in [0.2, 0.25) is 0 Å². The lowest BCUT2D eigenvalue weighted by atomic mass is 10.0. The molecule has 2 N–H and O–H groups in total. The van der Waals surface area contributed by atoms with Crippen molar-refractivity contribution in [3.8, 4) is 5.75 Å². The summed E-state index contributed by atoms with van der Waals surface area (Å²) < 4.78 is 11.1. The van der Waals surface area contributed by atoms with Crippen molar-refractivity contribution in [1.82, 2.24) is 5.32 Å². The second-order valence-corrected chi connectivity index (χ2v) is 6.07. The molecule has 2 unspecified atom stereocenters. The number of ether oxygens (including phenoxy) is 2. The number of hydrogen-bond acceptors (Lipinski definition) is 4. The van der Waals surface area contributed by atoms with E-state index in [1.807, 2.05) is 24.3 Å². The molecule has 0 aliphatic carbocycles. The minimum atomic E-state index is 0. The molecule has 1 aromatic carbocycles. The Hall–Kier alpha value is -1.30. The summed E-state index contributed by atoms with van der Waals surface area (Å²) in [6.45, 7) is 3.56. The second kappa shape index (κ2) is 9.11. The van der Waals surface area contributed by atoms with E-state index >= 15 is 0 Å². The largest absolute Gasteiger partial charge is 0.488 e. The Kier molecular flexibility index (Phi) is 7.15. The highest BCUT2D eigenvalue weighted by Crippen LogP contribution is 2.20. The Morgan fingerprint density at radius 1 is 1.30 bits per heavy atom. The molecular weight excluding hydrogens is 316 g/mol. The van der Waals surface area contributed by atoms with Gasteiger partial charge in [-0.2, -0.15) is 0 Å². The van der Waals surface area contributed by atoms with E-state index < -0.39 is 0 Å². The van der Waals surface area contributed by atoms with E-state index in [-0.39, 0.29) is 24.4 Å². The Labute approximate surface area is 143 Å². The number of rotatable bonds is 6. The average molecular weight is 341 g/mol. The number of halogens is 1. The Bertz CT molecular complexity index is 483. The monoisotopic (exact) mass is 340 g/mol. The molecule has 2 aliphatic rings. The first-order valence-corrected chi connectivity index (χ1v) is 8.14. The summed E-state index contributed by atoms with van der Waals surface area (Å²) in [6.07, 6.45) is 3.82. The lowest BCUT2D eigenvalue weighted by molar-refractivity contribution is -0.116. The van der Waals surface area contributed by atoms with E-state index in [0.29, 0.717) is 18.9 Å². The van der Waals surface area contributed by atoms with E-state index in [9.17, 15) is 4.79 Å². The van der Waals surface area contributed by atoms with Gasteiger partial charge in [0.05, 0.1) is 13.2 Å². The molecule has 2 saturated heterocycles. The van der Waals surface area contributed by atoms with Crippen molar-refractivity contribution in [3.05, 3.63) is 24.3 Å². The minimum Gasteiger partial charge on any atom is -0.488 e. The molecule has 0 saturated carbocycles. The number of nitrogens with one attached hydrogen (secondary N) is 2. The van der Waals surface area contributed by atoms with Gasteiger partial charge in [-0.15, -0.1) is 12.4 Å². The van der Waals surface area contributed by atoms with E-state index in [2.05, 4.69) is 10.6 Å². The van der Waals surface area contributed by atoms with Crippen LogP contribution < -0.4 is 15.4 Å². The van der Waals surface area contributed by atoms with Crippen LogP contribution in [0.3, 0.4) is 0 Å². The Morgan fingerprint density at radius 3 is 2.78 bits per heavy atom. The molecule has 128 valence electrons. The van der Waals surface area contributed by atoms with Crippen molar-refractivity contribution in [2.24, 2.45) is 5.92 Å². The van der Waals surface area contributed by atoms with Crippen LogP contribution in [0, 0.1) is 5.92 Å². The standard InChI is InChI=1S/C17H24N2O3.ClH/c20-17(6-1-13-7-9-18-11-13)19-14-2-4-15(5-3-14)22-16-8-10-21-12-16;/h2-5,13,16,18H,1,6-12H2,(H,19,20);1H. The van der Waals surface area contributed by atoms with Crippen molar-refractivity contribution in [2.45, 2.75) is 31.8 Å². The molecule has 2 fully saturated rings. The van der Waals surface area contributed by atoms with Crippen LogP contribution in [0.15, 0.2) is 24.3 Å². The van der Waals surface area contributed by atoms with Crippen molar-refractivity contribution in [1.29, 1.82) is 0 Å². The van der Waals surface area contributed by atoms with Gasteiger partial charge in [0.1, 0.15) is 11.9 Å². The summed E-state index contributed by atoms with van der Waals surface area (Å²) in [5.74, 6) is 1.56. The van der Waals surface area contributed by atoms with E-state index in [4.69, 9.17) is 9.47 Å². The van der Waals surface area contributed by atoms with Crippen LogP contribution in [0.5, 0.6) is 5.75 Å². The van der Waals surface area contributed by atoms with Gasteiger partial charge < -0.3 is 20.1 Å². The highest BCUT2D eigenvalue weighted by molar-refractivity contribution is 5.90. The zero-order valence-corrected chi connectivity index (χ0v) is 14.1. The third kappa shape index (κ3) is 5.68. The molecule has 0 aromatic heterocycles. The van der Waals surface area contributed by atoms with Crippen LogP contribution in [0.1, 0.15) is 25.7 Å². The summed E-state index contributed by atoms with van der Waals surface area (Å²) in [6, 6.07) is 7.57. The predicted octanol–water partition coefficient (Wildman–Crippen LogP) is 2.60. The fraction of sp³-hybridized carbons (Fsp3) is 0.588. The van der Waals surface area contributed by atoms with Crippen LogP contribution in [0.4, 0.5) is 5.69 Å². The van der Waals surface area contributed by atoms with Crippen molar-refractivity contribution < 1.29 is 14.3 Å². The quantitative estimate of drug-likeness (QED) is 0.835. The number of anilines is 1. The minimum absolute atomic E-state index is 0. The maximum absolute atomic E-state index is 12.0. The summed E-state index contributed by atoms with van der Waals surface area (Å²) >= 11 is 0. The van der Waals surface area contributed by atoms with Crippen molar-refractivity contribution in [2.75, 3.05) is 31.6 Å². The summed E-state index contributed by atoms with van der Waals surface area (Å²) in [5, 5.41) is 6.27. The first-order valence-electron chi connectivity index (χ1n) is 8.14. The third-order valence-electron chi connectivity index (χ3n) is 4.27. The molecule has 2 aliphatic heterocycles. The molecule has 23 heavy (non-hydrogen) atoms. The number of benzene rings is 1. The van der Waals surface area contributed by atoms with Gasteiger partial charge in [0.25, 0.3) is 0 Å². The van der Waals surface area contributed by atoms with E-state index in [0.717, 1.165) is 44.0 Å². The number of hydrogen-bond donors (Lipinski definition) is 2. The topological polar surface area (TPSA) is 59.6 Å². The molecule has 6 heteroatoms. The van der Waals surface area contributed by atoms with Gasteiger partial charge in [-0.05, 0) is 56.1 Å². The first kappa shape index (κ1) is 18.0. The van der Waals surface area contributed by atoms with Crippen LogP contribution in [-0.2, 0) is 9.53 Å². The molecule has 0 bridgehead atoms. The molecule has 5 nitrogen and oxygen atoms in total. The van der Waals surface area contributed by atoms with Gasteiger partial charge in [-0.3, -0.25) is 4.79 Å². The zero-order valence-electron chi connectivity index (χ0n) is 13.3. The molecular formula is C17H25ClN2O3. The Morgan fingerprint density at radius 2 is 2.13 bits per heavy atom. The maximum atomic E-state index is 12.0. The highest BCUT2D eigenvalue weighted by atomic mass is 35.5. The average Bonchev–Trinajstić information content (AvgIpc) is 3.20. The molecule has 2 atom stereocenters. The smallest absolute Gasteiger partial charge is 0.224 e. The summed E-state index contributed by atoms with van der Waals surface area (Å²) in [7, 11) is 0. The van der Waals surface area contributed by atoms with Crippen LogP contribution in [-0.4, -0.2) is 38.3 Å². The number of carbonyl (C=O) groups excluding carboxylic acids is 1.